The molecular weight excluding hydrogens is 272 g/mol. The van der Waals surface area contributed by atoms with Crippen molar-refractivity contribution in [2.24, 2.45) is 5.73 Å². The molecule has 2 aromatic rings. The molecule has 0 aliphatic carbocycles. The molecule has 0 bridgehead atoms. The van der Waals surface area contributed by atoms with E-state index in [4.69, 9.17) is 5.73 Å². The lowest BCUT2D eigenvalue weighted by atomic mass is 10.0. The van der Waals surface area contributed by atoms with Crippen LogP contribution in [0.3, 0.4) is 0 Å². The average molecular weight is 291 g/mol. The number of rotatable bonds is 2. The van der Waals surface area contributed by atoms with Crippen LogP contribution in [0, 0.1) is 0 Å². The van der Waals surface area contributed by atoms with Crippen molar-refractivity contribution in [2.75, 3.05) is 13.1 Å². The maximum Gasteiger partial charge on any atom is 0.227 e. The van der Waals surface area contributed by atoms with E-state index >= 15 is 0 Å². The Labute approximate surface area is 125 Å². The first-order valence-electron chi connectivity index (χ1n) is 6.74. The molecule has 1 fully saturated rings. The summed E-state index contributed by atoms with van der Waals surface area (Å²) in [6, 6.07) is 14.5. The molecule has 2 N–H and O–H groups in total. The molecular formula is C16H19ClN2O. The Morgan fingerprint density at radius 2 is 1.95 bits per heavy atom. The van der Waals surface area contributed by atoms with Gasteiger partial charge in [-0.15, -0.1) is 12.4 Å². The Bertz CT molecular complexity index is 609. The number of nitrogens with two attached hydrogens (primary N) is 1. The first-order valence-corrected chi connectivity index (χ1v) is 6.74. The first kappa shape index (κ1) is 14.8. The van der Waals surface area contributed by atoms with Crippen LogP contribution in [-0.2, 0) is 11.2 Å². The number of carbonyl (C=O) groups is 1. The van der Waals surface area contributed by atoms with Gasteiger partial charge in [0.2, 0.25) is 5.91 Å². The van der Waals surface area contributed by atoms with Crippen LogP contribution in [-0.4, -0.2) is 29.9 Å². The van der Waals surface area contributed by atoms with Crippen molar-refractivity contribution >= 4 is 29.1 Å². The summed E-state index contributed by atoms with van der Waals surface area (Å²) in [6.45, 7) is 1.49. The van der Waals surface area contributed by atoms with E-state index in [1.807, 2.05) is 29.2 Å². The monoisotopic (exact) mass is 290 g/mol. The molecule has 0 aromatic heterocycles. The van der Waals surface area contributed by atoms with Gasteiger partial charge in [-0.2, -0.15) is 0 Å². The van der Waals surface area contributed by atoms with Crippen LogP contribution < -0.4 is 5.73 Å². The number of amides is 1. The zero-order valence-electron chi connectivity index (χ0n) is 11.3. The number of fused-ring (bicyclic) bond motifs is 1. The van der Waals surface area contributed by atoms with Gasteiger partial charge >= 0.3 is 0 Å². The smallest absolute Gasteiger partial charge is 0.227 e. The van der Waals surface area contributed by atoms with E-state index in [1.165, 1.54) is 10.8 Å². The summed E-state index contributed by atoms with van der Waals surface area (Å²) in [4.78, 5) is 14.2. The molecule has 1 aliphatic heterocycles. The first-order chi connectivity index (χ1) is 9.24. The summed E-state index contributed by atoms with van der Waals surface area (Å²) in [5, 5.41) is 2.35. The largest absolute Gasteiger partial charge is 0.341 e. The van der Waals surface area contributed by atoms with E-state index < -0.39 is 0 Å². The van der Waals surface area contributed by atoms with Gasteiger partial charge in [-0.3, -0.25) is 4.79 Å². The van der Waals surface area contributed by atoms with Crippen LogP contribution in [0.15, 0.2) is 42.5 Å². The van der Waals surface area contributed by atoms with E-state index in [9.17, 15) is 4.79 Å². The quantitative estimate of drug-likeness (QED) is 0.923. The van der Waals surface area contributed by atoms with Crippen molar-refractivity contribution in [3.05, 3.63) is 48.0 Å². The van der Waals surface area contributed by atoms with E-state index in [2.05, 4.69) is 18.2 Å². The third kappa shape index (κ3) is 2.94. The molecule has 3 rings (SSSR count). The molecule has 0 radical (unpaired) electrons. The minimum Gasteiger partial charge on any atom is -0.341 e. The van der Waals surface area contributed by atoms with Crippen LogP contribution in [0.5, 0.6) is 0 Å². The number of likely N-dealkylation sites (tertiary alicyclic amines) is 1. The SMILES string of the molecule is Cl.N[C@@H]1CCN(C(=O)Cc2cccc3ccccc23)C1. The fraction of sp³-hybridized carbons (Fsp3) is 0.312. The van der Waals surface area contributed by atoms with E-state index in [0.29, 0.717) is 13.0 Å². The van der Waals surface area contributed by atoms with Crippen molar-refractivity contribution in [1.82, 2.24) is 4.90 Å². The third-order valence-electron chi connectivity index (χ3n) is 3.80. The second kappa shape index (κ2) is 6.25. The standard InChI is InChI=1S/C16H18N2O.ClH/c17-14-8-9-18(11-14)16(19)10-13-6-3-5-12-4-1-2-7-15(12)13;/h1-7,14H,8-11,17H2;1H/t14-;/m1./s1. The molecule has 1 heterocycles. The Morgan fingerprint density at radius 1 is 1.20 bits per heavy atom. The molecule has 0 spiro atoms. The van der Waals surface area contributed by atoms with Crippen LogP contribution in [0.4, 0.5) is 0 Å². The average Bonchev–Trinajstić information content (AvgIpc) is 2.86. The Morgan fingerprint density at radius 3 is 2.70 bits per heavy atom. The lowest BCUT2D eigenvalue weighted by molar-refractivity contribution is -0.129. The number of benzene rings is 2. The molecule has 20 heavy (non-hydrogen) atoms. The second-order valence-corrected chi connectivity index (χ2v) is 5.20. The van der Waals surface area contributed by atoms with E-state index in [1.54, 1.807) is 0 Å². The van der Waals surface area contributed by atoms with Crippen LogP contribution >= 0.6 is 12.4 Å². The predicted molar refractivity (Wildman–Crippen MR) is 84.1 cm³/mol. The number of hydrogen-bond acceptors (Lipinski definition) is 2. The maximum atomic E-state index is 12.3. The highest BCUT2D eigenvalue weighted by Crippen LogP contribution is 2.20. The molecule has 0 unspecified atom stereocenters. The van der Waals surface area contributed by atoms with Crippen LogP contribution in [0.1, 0.15) is 12.0 Å². The highest BCUT2D eigenvalue weighted by Gasteiger charge is 2.23. The van der Waals surface area contributed by atoms with Gasteiger partial charge in [0, 0.05) is 19.1 Å². The molecule has 1 amide bonds. The molecule has 3 nitrogen and oxygen atoms in total. The fourth-order valence-corrected chi connectivity index (χ4v) is 2.74. The molecule has 4 heteroatoms. The summed E-state index contributed by atoms with van der Waals surface area (Å²) >= 11 is 0. The highest BCUT2D eigenvalue weighted by molar-refractivity contribution is 5.90. The molecule has 1 saturated heterocycles. The van der Waals surface area contributed by atoms with Gasteiger partial charge in [0.1, 0.15) is 0 Å². The van der Waals surface area contributed by atoms with Gasteiger partial charge < -0.3 is 10.6 Å². The molecule has 2 aromatic carbocycles. The normalized spacial score (nSPS) is 18.1. The van der Waals surface area contributed by atoms with Gasteiger partial charge in [0.25, 0.3) is 0 Å². The molecule has 0 saturated carbocycles. The fourth-order valence-electron chi connectivity index (χ4n) is 2.74. The van der Waals surface area contributed by atoms with Crippen molar-refractivity contribution < 1.29 is 4.79 Å². The van der Waals surface area contributed by atoms with Gasteiger partial charge in [0.05, 0.1) is 6.42 Å². The van der Waals surface area contributed by atoms with Gasteiger partial charge in [-0.05, 0) is 22.8 Å². The summed E-state index contributed by atoms with van der Waals surface area (Å²) in [7, 11) is 0. The summed E-state index contributed by atoms with van der Waals surface area (Å²) in [5.74, 6) is 0.185. The minimum absolute atomic E-state index is 0. The molecule has 1 atom stereocenters. The van der Waals surface area contributed by atoms with E-state index in [0.717, 1.165) is 18.5 Å². The highest BCUT2D eigenvalue weighted by atomic mass is 35.5. The van der Waals surface area contributed by atoms with Gasteiger partial charge in [0.15, 0.2) is 0 Å². The van der Waals surface area contributed by atoms with Crippen LogP contribution in [0.25, 0.3) is 10.8 Å². The molecule has 106 valence electrons. The summed E-state index contributed by atoms with van der Waals surface area (Å²) < 4.78 is 0. The number of halogens is 1. The number of hydrogen-bond donors (Lipinski definition) is 1. The Hall–Kier alpha value is -1.58. The second-order valence-electron chi connectivity index (χ2n) is 5.20. The molecule has 1 aliphatic rings. The Kier molecular flexibility index (Phi) is 4.63. The van der Waals surface area contributed by atoms with Crippen molar-refractivity contribution in [2.45, 2.75) is 18.9 Å². The Balaban J connectivity index is 0.00000147. The summed E-state index contributed by atoms with van der Waals surface area (Å²) in [6.07, 6.45) is 1.38. The van der Waals surface area contributed by atoms with Crippen molar-refractivity contribution in [3.8, 4) is 0 Å². The maximum absolute atomic E-state index is 12.3. The van der Waals surface area contributed by atoms with Gasteiger partial charge in [-0.25, -0.2) is 0 Å². The zero-order chi connectivity index (χ0) is 13.2. The topological polar surface area (TPSA) is 46.3 Å². The summed E-state index contributed by atoms with van der Waals surface area (Å²) in [5.41, 5.74) is 6.95. The van der Waals surface area contributed by atoms with Crippen molar-refractivity contribution in [3.63, 3.8) is 0 Å². The minimum atomic E-state index is 0. The number of carbonyl (C=O) groups excluding carboxylic acids is 1. The predicted octanol–water partition coefficient (Wildman–Crippen LogP) is 2.36. The number of nitrogens with zero attached hydrogens (tertiary/aromatic N) is 1. The lowest BCUT2D eigenvalue weighted by Gasteiger charge is -2.16. The van der Waals surface area contributed by atoms with Crippen LogP contribution in [0.2, 0.25) is 0 Å². The van der Waals surface area contributed by atoms with Crippen molar-refractivity contribution in [1.29, 1.82) is 0 Å². The zero-order valence-corrected chi connectivity index (χ0v) is 12.1. The third-order valence-corrected chi connectivity index (χ3v) is 3.80. The lowest BCUT2D eigenvalue weighted by Crippen LogP contribution is -2.32. The van der Waals surface area contributed by atoms with E-state index in [-0.39, 0.29) is 24.4 Å². The van der Waals surface area contributed by atoms with Gasteiger partial charge in [-0.1, -0.05) is 42.5 Å².